The molecule has 1 unspecified atom stereocenters. The highest BCUT2D eigenvalue weighted by Gasteiger charge is 2.30. The second kappa shape index (κ2) is 9.67. The molecule has 3 heterocycles. The van der Waals surface area contributed by atoms with Crippen LogP contribution >= 0.6 is 36.2 Å². The smallest absolute Gasteiger partial charge is 0.223 e. The van der Waals surface area contributed by atoms with E-state index in [2.05, 4.69) is 15.2 Å². The van der Waals surface area contributed by atoms with E-state index in [0.717, 1.165) is 57.8 Å². The Bertz CT molecular complexity index is 440. The lowest BCUT2D eigenvalue weighted by Gasteiger charge is -2.32. The lowest BCUT2D eigenvalue weighted by atomic mass is 10.2. The minimum atomic E-state index is 0. The van der Waals surface area contributed by atoms with Crippen molar-refractivity contribution in [2.45, 2.75) is 25.3 Å². The number of aromatic nitrogens is 1. The van der Waals surface area contributed by atoms with Crippen molar-refractivity contribution < 1.29 is 4.79 Å². The van der Waals surface area contributed by atoms with Crippen molar-refractivity contribution >= 4 is 42.1 Å². The van der Waals surface area contributed by atoms with E-state index in [-0.39, 0.29) is 30.7 Å². The summed E-state index contributed by atoms with van der Waals surface area (Å²) in [5.41, 5.74) is 2.87. The molecule has 2 aliphatic heterocycles. The number of carbonyl (C=O) groups is 1. The molecule has 2 aliphatic rings. The molecule has 5 nitrogen and oxygen atoms in total. The Morgan fingerprint density at radius 1 is 1.32 bits per heavy atom. The molecular weight excluding hydrogens is 343 g/mol. The highest BCUT2D eigenvalue weighted by molar-refractivity contribution is 7.07. The third kappa shape index (κ3) is 5.06. The fraction of sp³-hybridized carbons (Fsp3) is 0.714. The summed E-state index contributed by atoms with van der Waals surface area (Å²) in [5, 5.41) is 5.41. The second-order valence-electron chi connectivity index (χ2n) is 5.55. The number of nitrogens with one attached hydrogen (secondary N) is 1. The van der Waals surface area contributed by atoms with E-state index in [9.17, 15) is 4.79 Å². The van der Waals surface area contributed by atoms with Crippen LogP contribution in [0.1, 0.15) is 18.5 Å². The van der Waals surface area contributed by atoms with Crippen LogP contribution in [-0.2, 0) is 11.2 Å². The zero-order chi connectivity index (χ0) is 13.8. The monoisotopic (exact) mass is 366 g/mol. The number of likely N-dealkylation sites (tertiary alicyclic amines) is 1. The third-order valence-electron chi connectivity index (χ3n) is 4.26. The average molecular weight is 367 g/mol. The van der Waals surface area contributed by atoms with Gasteiger partial charge in [0.05, 0.1) is 11.2 Å². The van der Waals surface area contributed by atoms with Gasteiger partial charge in [0.15, 0.2) is 0 Å². The molecule has 22 heavy (non-hydrogen) atoms. The fourth-order valence-electron chi connectivity index (χ4n) is 3.07. The van der Waals surface area contributed by atoms with Crippen LogP contribution in [0.15, 0.2) is 10.9 Å². The lowest BCUT2D eigenvalue weighted by molar-refractivity contribution is -0.130. The molecule has 0 aliphatic carbocycles. The molecule has 0 radical (unpaired) electrons. The van der Waals surface area contributed by atoms with Crippen molar-refractivity contribution in [2.24, 2.45) is 0 Å². The van der Waals surface area contributed by atoms with Crippen LogP contribution in [0.25, 0.3) is 0 Å². The molecule has 3 rings (SSSR count). The first-order valence-corrected chi connectivity index (χ1v) is 8.37. The summed E-state index contributed by atoms with van der Waals surface area (Å²) in [5.74, 6) is 0.288. The van der Waals surface area contributed by atoms with Gasteiger partial charge in [-0.25, -0.2) is 4.98 Å². The van der Waals surface area contributed by atoms with Crippen LogP contribution in [0, 0.1) is 0 Å². The molecule has 0 bridgehead atoms. The predicted molar refractivity (Wildman–Crippen MR) is 94.4 cm³/mol. The number of hydrogen-bond acceptors (Lipinski definition) is 5. The van der Waals surface area contributed by atoms with Crippen LogP contribution in [0.3, 0.4) is 0 Å². The van der Waals surface area contributed by atoms with Crippen molar-refractivity contribution in [3.8, 4) is 0 Å². The van der Waals surface area contributed by atoms with Crippen molar-refractivity contribution in [3.63, 3.8) is 0 Å². The van der Waals surface area contributed by atoms with Crippen molar-refractivity contribution in [1.82, 2.24) is 20.1 Å². The number of piperazine rings is 1. The standard InChI is InChI=1S/C14H22N4OS.2ClH/c19-14(2-1-12-10-20-11-16-12)18-6-3-13(9-18)17-7-4-15-5-8-17;;/h10-11,13,15H,1-9H2;2*1H. The topological polar surface area (TPSA) is 48.5 Å². The number of thiazole rings is 1. The molecule has 1 amide bonds. The number of carbonyl (C=O) groups excluding carboxylic acids is 1. The average Bonchev–Trinajstić information content (AvgIpc) is 3.17. The number of hydrogen-bond donors (Lipinski definition) is 1. The molecule has 1 aromatic heterocycles. The molecule has 2 fully saturated rings. The van der Waals surface area contributed by atoms with Gasteiger partial charge in [-0.05, 0) is 12.8 Å². The first-order valence-electron chi connectivity index (χ1n) is 7.42. The lowest BCUT2D eigenvalue weighted by Crippen LogP contribution is -2.49. The first-order chi connectivity index (χ1) is 9.83. The molecule has 2 saturated heterocycles. The SMILES string of the molecule is Cl.Cl.O=C(CCc1cscn1)N1CCC(N2CCNCC2)C1. The molecule has 0 spiro atoms. The van der Waals surface area contributed by atoms with Gasteiger partial charge >= 0.3 is 0 Å². The van der Waals surface area contributed by atoms with Crippen LogP contribution in [0.4, 0.5) is 0 Å². The summed E-state index contributed by atoms with van der Waals surface area (Å²) in [6, 6.07) is 0.570. The summed E-state index contributed by atoms with van der Waals surface area (Å²) >= 11 is 1.59. The summed E-state index contributed by atoms with van der Waals surface area (Å²) in [7, 11) is 0. The van der Waals surface area contributed by atoms with Gasteiger partial charge in [-0.3, -0.25) is 9.69 Å². The molecule has 1 N–H and O–H groups in total. The Kier molecular flexibility index (Phi) is 8.64. The van der Waals surface area contributed by atoms with Crippen molar-refractivity contribution in [1.29, 1.82) is 0 Å². The molecular formula is C14H24Cl2N4OS. The van der Waals surface area contributed by atoms with Gasteiger partial charge in [0.2, 0.25) is 5.91 Å². The van der Waals surface area contributed by atoms with Gasteiger partial charge in [-0.1, -0.05) is 0 Å². The summed E-state index contributed by atoms with van der Waals surface area (Å²) < 4.78 is 0. The highest BCUT2D eigenvalue weighted by atomic mass is 35.5. The Morgan fingerprint density at radius 3 is 2.77 bits per heavy atom. The summed E-state index contributed by atoms with van der Waals surface area (Å²) in [4.78, 5) is 21.0. The van der Waals surface area contributed by atoms with E-state index in [4.69, 9.17) is 0 Å². The maximum Gasteiger partial charge on any atom is 0.223 e. The molecule has 0 aromatic carbocycles. The minimum absolute atomic E-state index is 0. The fourth-order valence-corrected chi connectivity index (χ4v) is 3.66. The van der Waals surface area contributed by atoms with E-state index in [1.165, 1.54) is 0 Å². The van der Waals surface area contributed by atoms with E-state index in [1.54, 1.807) is 11.3 Å². The van der Waals surface area contributed by atoms with E-state index < -0.39 is 0 Å². The summed E-state index contributed by atoms with van der Waals surface area (Å²) in [6.45, 7) is 6.22. The van der Waals surface area contributed by atoms with Crippen LogP contribution in [-0.4, -0.2) is 66.0 Å². The van der Waals surface area contributed by atoms with Gasteiger partial charge in [0.1, 0.15) is 0 Å². The maximum atomic E-state index is 12.2. The molecule has 1 aromatic rings. The van der Waals surface area contributed by atoms with E-state index >= 15 is 0 Å². The minimum Gasteiger partial charge on any atom is -0.341 e. The maximum absolute atomic E-state index is 12.2. The molecule has 0 saturated carbocycles. The van der Waals surface area contributed by atoms with Crippen molar-refractivity contribution in [3.05, 3.63) is 16.6 Å². The number of amides is 1. The number of rotatable bonds is 4. The molecule has 126 valence electrons. The van der Waals surface area contributed by atoms with E-state index in [1.807, 2.05) is 15.8 Å². The molecule has 8 heteroatoms. The number of halogens is 2. The normalized spacial score (nSPS) is 22.0. The van der Waals surface area contributed by atoms with Gasteiger partial charge in [0.25, 0.3) is 0 Å². The third-order valence-corrected chi connectivity index (χ3v) is 4.90. The van der Waals surface area contributed by atoms with Crippen LogP contribution in [0.2, 0.25) is 0 Å². The van der Waals surface area contributed by atoms with E-state index in [0.29, 0.717) is 12.5 Å². The van der Waals surface area contributed by atoms with Crippen LogP contribution < -0.4 is 5.32 Å². The zero-order valence-electron chi connectivity index (χ0n) is 12.6. The molecule has 1 atom stereocenters. The van der Waals surface area contributed by atoms with Crippen molar-refractivity contribution in [2.75, 3.05) is 39.3 Å². The number of nitrogens with zero attached hydrogens (tertiary/aromatic N) is 3. The van der Waals surface area contributed by atoms with Crippen LogP contribution in [0.5, 0.6) is 0 Å². The summed E-state index contributed by atoms with van der Waals surface area (Å²) in [6.07, 6.45) is 2.50. The Morgan fingerprint density at radius 2 is 2.09 bits per heavy atom. The highest BCUT2D eigenvalue weighted by Crippen LogP contribution is 2.17. The Labute approximate surface area is 148 Å². The predicted octanol–water partition coefficient (Wildman–Crippen LogP) is 1.43. The van der Waals surface area contributed by atoms with Gasteiger partial charge in [0, 0.05) is 57.1 Å². The Balaban J connectivity index is 0.00000121. The first kappa shape index (κ1) is 19.6. The zero-order valence-corrected chi connectivity index (χ0v) is 15.0. The quantitative estimate of drug-likeness (QED) is 0.875. The second-order valence-corrected chi connectivity index (χ2v) is 6.27. The Hall–Kier alpha value is -0.400. The van der Waals surface area contributed by atoms with Gasteiger partial charge < -0.3 is 10.2 Å². The van der Waals surface area contributed by atoms with Gasteiger partial charge in [-0.2, -0.15) is 0 Å². The van der Waals surface area contributed by atoms with Gasteiger partial charge in [-0.15, -0.1) is 36.2 Å². The largest absolute Gasteiger partial charge is 0.341 e. The number of aryl methyl sites for hydroxylation is 1.